The summed E-state index contributed by atoms with van der Waals surface area (Å²) in [7, 11) is 0. The first-order chi connectivity index (χ1) is 12.9. The molecule has 144 valence electrons. The van der Waals surface area contributed by atoms with Crippen LogP contribution >= 0.6 is 12.4 Å². The Kier molecular flexibility index (Phi) is 3.99. The van der Waals surface area contributed by atoms with Crippen LogP contribution in [0.25, 0.3) is 22.3 Å². The van der Waals surface area contributed by atoms with Gasteiger partial charge in [-0.1, -0.05) is 6.92 Å². The van der Waals surface area contributed by atoms with Crippen molar-refractivity contribution in [3.8, 4) is 17.1 Å². The highest BCUT2D eigenvalue weighted by Crippen LogP contribution is 2.38. The molecular formula is C20H17ClN2O5. The van der Waals surface area contributed by atoms with Crippen LogP contribution in [0.15, 0.2) is 35.1 Å². The molecule has 1 atom stereocenters. The van der Waals surface area contributed by atoms with Gasteiger partial charge in [-0.2, -0.15) is 0 Å². The Labute approximate surface area is 165 Å². The SMILES string of the molecule is CC[C@@]1(O)C(=O)OCc2c1cc1n(c2=O)Cc2cc3cc(O)ccc3nc2-1.Cl. The van der Waals surface area contributed by atoms with Crippen LogP contribution in [0.4, 0.5) is 0 Å². The fourth-order valence-corrected chi connectivity index (χ4v) is 3.97. The first-order valence-corrected chi connectivity index (χ1v) is 8.72. The van der Waals surface area contributed by atoms with Crippen LogP contribution in [0.2, 0.25) is 0 Å². The van der Waals surface area contributed by atoms with Gasteiger partial charge in [-0.25, -0.2) is 9.78 Å². The monoisotopic (exact) mass is 400 g/mol. The molecule has 2 aromatic heterocycles. The van der Waals surface area contributed by atoms with E-state index < -0.39 is 11.6 Å². The smallest absolute Gasteiger partial charge is 0.343 e. The normalized spacial score (nSPS) is 19.4. The Hall–Kier alpha value is -2.90. The summed E-state index contributed by atoms with van der Waals surface area (Å²) < 4.78 is 6.65. The van der Waals surface area contributed by atoms with Crippen molar-refractivity contribution in [3.63, 3.8) is 0 Å². The molecule has 8 heteroatoms. The zero-order valence-electron chi connectivity index (χ0n) is 14.9. The lowest BCUT2D eigenvalue weighted by atomic mass is 9.86. The molecule has 2 aliphatic heterocycles. The minimum absolute atomic E-state index is 0. The summed E-state index contributed by atoms with van der Waals surface area (Å²) in [6, 6.07) is 8.48. The number of benzene rings is 1. The highest BCUT2D eigenvalue weighted by molar-refractivity contribution is 5.87. The summed E-state index contributed by atoms with van der Waals surface area (Å²) in [4.78, 5) is 29.8. The van der Waals surface area contributed by atoms with Crippen LogP contribution < -0.4 is 5.56 Å². The highest BCUT2D eigenvalue weighted by Gasteiger charge is 2.45. The van der Waals surface area contributed by atoms with E-state index in [1.54, 1.807) is 35.8 Å². The van der Waals surface area contributed by atoms with Gasteiger partial charge in [0.25, 0.3) is 5.56 Å². The van der Waals surface area contributed by atoms with E-state index in [1.807, 2.05) is 6.07 Å². The molecule has 0 saturated carbocycles. The Morgan fingerprint density at radius 2 is 2.04 bits per heavy atom. The number of ether oxygens (including phenoxy) is 1. The Morgan fingerprint density at radius 3 is 2.79 bits per heavy atom. The standard InChI is InChI=1S/C20H16N2O5.ClH/c1-2-20(26)14-7-16-17-11(5-10-6-12(23)3-4-15(10)21-17)8-22(16)18(24)13(14)9-27-19(20)25;/h3-7,23,26H,2,8-9H2,1H3;1H/t20-;/m0./s1. The summed E-state index contributed by atoms with van der Waals surface area (Å²) in [5.41, 5.74) is 1.25. The third kappa shape index (κ3) is 2.30. The van der Waals surface area contributed by atoms with Gasteiger partial charge in [0.15, 0.2) is 5.60 Å². The quantitative estimate of drug-likeness (QED) is 0.475. The van der Waals surface area contributed by atoms with Gasteiger partial charge in [0.05, 0.1) is 29.0 Å². The molecule has 0 amide bonds. The van der Waals surface area contributed by atoms with Crippen LogP contribution in [0.3, 0.4) is 0 Å². The fourth-order valence-electron chi connectivity index (χ4n) is 3.97. The van der Waals surface area contributed by atoms with Gasteiger partial charge < -0.3 is 19.5 Å². The van der Waals surface area contributed by atoms with Gasteiger partial charge in [-0.15, -0.1) is 12.4 Å². The number of hydrogen-bond acceptors (Lipinski definition) is 6. The summed E-state index contributed by atoms with van der Waals surface area (Å²) >= 11 is 0. The number of phenols is 1. The van der Waals surface area contributed by atoms with Crippen molar-refractivity contribution in [2.75, 3.05) is 0 Å². The zero-order valence-corrected chi connectivity index (χ0v) is 15.7. The molecule has 0 spiro atoms. The first kappa shape index (κ1) is 18.5. The number of halogens is 1. The predicted octanol–water partition coefficient (Wildman–Crippen LogP) is 2.21. The lowest BCUT2D eigenvalue weighted by molar-refractivity contribution is -0.172. The number of pyridine rings is 2. The van der Waals surface area contributed by atoms with Crippen LogP contribution in [-0.2, 0) is 28.3 Å². The largest absolute Gasteiger partial charge is 0.508 e. The second-order valence-corrected chi connectivity index (χ2v) is 6.98. The number of cyclic esters (lactones) is 1. The number of carbonyl (C=O) groups excluding carboxylic acids is 1. The van der Waals surface area contributed by atoms with E-state index in [1.165, 1.54) is 0 Å². The van der Waals surface area contributed by atoms with Gasteiger partial charge in [-0.3, -0.25) is 4.79 Å². The number of nitrogens with zero attached hydrogens (tertiary/aromatic N) is 2. The summed E-state index contributed by atoms with van der Waals surface area (Å²) in [5, 5.41) is 21.3. The number of hydrogen-bond donors (Lipinski definition) is 2. The molecule has 1 aromatic carbocycles. The topological polar surface area (TPSA) is 102 Å². The number of aromatic hydroxyl groups is 1. The Balaban J connectivity index is 0.00000192. The second kappa shape index (κ2) is 6.05. The molecular weight excluding hydrogens is 384 g/mol. The lowest BCUT2D eigenvalue weighted by Crippen LogP contribution is -2.44. The molecule has 0 radical (unpaired) electrons. The number of aromatic nitrogens is 2. The molecule has 4 heterocycles. The van der Waals surface area contributed by atoms with Crippen LogP contribution in [-0.4, -0.2) is 25.7 Å². The second-order valence-electron chi connectivity index (χ2n) is 6.98. The third-order valence-corrected chi connectivity index (χ3v) is 5.49. The molecule has 2 N–H and O–H groups in total. The number of esters is 1. The minimum Gasteiger partial charge on any atom is -0.508 e. The summed E-state index contributed by atoms with van der Waals surface area (Å²) in [5.74, 6) is -0.585. The van der Waals surface area contributed by atoms with Crippen molar-refractivity contribution >= 4 is 29.3 Å². The first-order valence-electron chi connectivity index (χ1n) is 8.72. The molecule has 28 heavy (non-hydrogen) atoms. The van der Waals surface area contributed by atoms with E-state index in [0.29, 0.717) is 34.6 Å². The summed E-state index contributed by atoms with van der Waals surface area (Å²) in [6.07, 6.45) is 0.110. The van der Waals surface area contributed by atoms with Crippen molar-refractivity contribution < 1.29 is 19.7 Å². The molecule has 0 saturated heterocycles. The van der Waals surface area contributed by atoms with E-state index >= 15 is 0 Å². The average Bonchev–Trinajstić information content (AvgIpc) is 3.01. The number of fused-ring (bicyclic) bond motifs is 5. The molecule has 0 fully saturated rings. The molecule has 3 aromatic rings. The van der Waals surface area contributed by atoms with Gasteiger partial charge in [-0.05, 0) is 36.8 Å². The summed E-state index contributed by atoms with van der Waals surface area (Å²) in [6.45, 7) is 1.87. The number of aliphatic hydroxyl groups is 1. The Morgan fingerprint density at radius 1 is 1.25 bits per heavy atom. The van der Waals surface area contributed by atoms with E-state index in [-0.39, 0.29) is 36.7 Å². The van der Waals surface area contributed by atoms with Crippen molar-refractivity contribution in [2.45, 2.75) is 32.1 Å². The molecule has 7 nitrogen and oxygen atoms in total. The van der Waals surface area contributed by atoms with Crippen molar-refractivity contribution in [1.82, 2.24) is 9.55 Å². The zero-order chi connectivity index (χ0) is 18.9. The highest BCUT2D eigenvalue weighted by atomic mass is 35.5. The average molecular weight is 401 g/mol. The molecule has 0 unspecified atom stereocenters. The van der Waals surface area contributed by atoms with E-state index in [2.05, 4.69) is 4.98 Å². The predicted molar refractivity (Wildman–Crippen MR) is 103 cm³/mol. The number of rotatable bonds is 1. The Bertz CT molecular complexity index is 1220. The van der Waals surface area contributed by atoms with E-state index in [4.69, 9.17) is 4.74 Å². The maximum absolute atomic E-state index is 13.0. The maximum atomic E-state index is 13.0. The van der Waals surface area contributed by atoms with Gasteiger partial charge in [0.1, 0.15) is 12.4 Å². The minimum atomic E-state index is -1.83. The van der Waals surface area contributed by atoms with Crippen LogP contribution in [0, 0.1) is 0 Å². The number of phenolic OH excluding ortho intramolecular Hbond substituents is 1. The van der Waals surface area contributed by atoms with Crippen molar-refractivity contribution in [2.24, 2.45) is 0 Å². The van der Waals surface area contributed by atoms with Crippen molar-refractivity contribution in [3.05, 3.63) is 57.4 Å². The third-order valence-electron chi connectivity index (χ3n) is 5.49. The molecule has 2 aliphatic rings. The fraction of sp³-hybridized carbons (Fsp3) is 0.250. The van der Waals surface area contributed by atoms with E-state index in [0.717, 1.165) is 10.9 Å². The van der Waals surface area contributed by atoms with Crippen LogP contribution in [0.1, 0.15) is 30.0 Å². The van der Waals surface area contributed by atoms with Gasteiger partial charge in [0, 0.05) is 16.5 Å². The molecule has 0 bridgehead atoms. The number of carbonyl (C=O) groups is 1. The lowest BCUT2D eigenvalue weighted by Gasteiger charge is -2.31. The van der Waals surface area contributed by atoms with Gasteiger partial charge >= 0.3 is 5.97 Å². The molecule has 5 rings (SSSR count). The maximum Gasteiger partial charge on any atom is 0.343 e. The van der Waals surface area contributed by atoms with E-state index in [9.17, 15) is 19.8 Å². The van der Waals surface area contributed by atoms with Gasteiger partial charge in [0.2, 0.25) is 0 Å². The van der Waals surface area contributed by atoms with Crippen LogP contribution in [0.5, 0.6) is 5.75 Å². The van der Waals surface area contributed by atoms with Crippen molar-refractivity contribution in [1.29, 1.82) is 0 Å². The molecule has 0 aliphatic carbocycles.